The third kappa shape index (κ3) is 2.40. The number of fused-ring (bicyclic) bond motifs is 1. The highest BCUT2D eigenvalue weighted by Crippen LogP contribution is 2.38. The van der Waals surface area contributed by atoms with E-state index >= 15 is 0 Å². The molecule has 3 rings (SSSR count). The predicted octanol–water partition coefficient (Wildman–Crippen LogP) is 5.60. The van der Waals surface area contributed by atoms with E-state index in [4.69, 9.17) is 12.2 Å². The number of H-pyrrole nitrogens is 1. The van der Waals surface area contributed by atoms with Crippen molar-refractivity contribution in [2.45, 2.75) is 45.1 Å². The molecule has 0 radical (unpaired) electrons. The Morgan fingerprint density at radius 2 is 2.16 bits per heavy atom. The summed E-state index contributed by atoms with van der Waals surface area (Å²) in [5.74, 6) is 0.767. The van der Waals surface area contributed by atoms with Crippen molar-refractivity contribution in [3.8, 4) is 0 Å². The van der Waals surface area contributed by atoms with Gasteiger partial charge in [-0.1, -0.05) is 42.1 Å². The number of nitrogens with one attached hydrogen (secondary N) is 1. The Labute approximate surface area is 127 Å². The van der Waals surface area contributed by atoms with Crippen molar-refractivity contribution < 1.29 is 0 Å². The summed E-state index contributed by atoms with van der Waals surface area (Å²) in [7, 11) is 0. The lowest BCUT2D eigenvalue weighted by Gasteiger charge is -2.32. The number of rotatable bonds is 2. The molecule has 0 bridgehead atoms. The Kier molecular flexibility index (Phi) is 3.81. The monoisotopic (exact) mass is 338 g/mol. The number of aromatic amines is 1. The SMILES string of the molecule is CCC1CCCCC1n1c(=S)[nH]c2cc(Br)ccc21. The Morgan fingerprint density at radius 1 is 1.37 bits per heavy atom. The maximum atomic E-state index is 5.57. The zero-order valence-electron chi connectivity index (χ0n) is 11.2. The van der Waals surface area contributed by atoms with E-state index in [1.807, 2.05) is 0 Å². The number of halogens is 1. The van der Waals surface area contributed by atoms with Gasteiger partial charge in [-0.05, 0) is 49.2 Å². The van der Waals surface area contributed by atoms with Gasteiger partial charge in [-0.3, -0.25) is 0 Å². The molecule has 0 amide bonds. The maximum absolute atomic E-state index is 5.57. The molecule has 2 unspecified atom stereocenters. The van der Waals surface area contributed by atoms with Gasteiger partial charge in [-0.15, -0.1) is 0 Å². The van der Waals surface area contributed by atoms with Crippen LogP contribution in [0.3, 0.4) is 0 Å². The van der Waals surface area contributed by atoms with Crippen molar-refractivity contribution in [3.05, 3.63) is 27.4 Å². The number of aromatic nitrogens is 2. The minimum Gasteiger partial charge on any atom is -0.331 e. The first-order valence-corrected chi connectivity index (χ1v) is 8.30. The molecule has 1 aromatic heterocycles. The number of imidazole rings is 1. The molecule has 2 nitrogen and oxygen atoms in total. The number of hydrogen-bond donors (Lipinski definition) is 1. The highest BCUT2D eigenvalue weighted by Gasteiger charge is 2.26. The molecule has 1 aromatic carbocycles. The molecule has 2 aromatic rings. The van der Waals surface area contributed by atoms with E-state index in [0.717, 1.165) is 20.7 Å². The molecule has 2 atom stereocenters. The van der Waals surface area contributed by atoms with Crippen molar-refractivity contribution in [2.75, 3.05) is 0 Å². The van der Waals surface area contributed by atoms with Crippen LogP contribution < -0.4 is 0 Å². The number of hydrogen-bond acceptors (Lipinski definition) is 1. The first kappa shape index (κ1) is 13.4. The van der Waals surface area contributed by atoms with Gasteiger partial charge < -0.3 is 9.55 Å². The fourth-order valence-electron chi connectivity index (χ4n) is 3.44. The summed E-state index contributed by atoms with van der Waals surface area (Å²) in [5, 5.41) is 0. The lowest BCUT2D eigenvalue weighted by atomic mass is 9.82. The van der Waals surface area contributed by atoms with Gasteiger partial charge in [0.25, 0.3) is 0 Å². The predicted molar refractivity (Wildman–Crippen MR) is 86.1 cm³/mol. The molecule has 102 valence electrons. The molecule has 1 aliphatic carbocycles. The van der Waals surface area contributed by atoms with E-state index in [2.05, 4.69) is 50.6 Å². The summed E-state index contributed by atoms with van der Waals surface area (Å²) in [5.41, 5.74) is 2.39. The van der Waals surface area contributed by atoms with E-state index in [9.17, 15) is 0 Å². The van der Waals surface area contributed by atoms with E-state index in [1.165, 1.54) is 37.6 Å². The van der Waals surface area contributed by atoms with Crippen LogP contribution in [0.2, 0.25) is 0 Å². The van der Waals surface area contributed by atoms with Crippen LogP contribution in [0.4, 0.5) is 0 Å². The Bertz CT molecular complexity index is 643. The molecule has 0 saturated heterocycles. The second-order valence-electron chi connectivity index (χ2n) is 5.48. The first-order chi connectivity index (χ1) is 9.20. The highest BCUT2D eigenvalue weighted by molar-refractivity contribution is 9.10. The quantitative estimate of drug-likeness (QED) is 0.706. The van der Waals surface area contributed by atoms with Gasteiger partial charge in [0, 0.05) is 10.5 Å². The Hall–Kier alpha value is -0.610. The Balaban J connectivity index is 2.13. The van der Waals surface area contributed by atoms with E-state index in [0.29, 0.717) is 6.04 Å². The smallest absolute Gasteiger partial charge is 0.178 e. The van der Waals surface area contributed by atoms with Gasteiger partial charge in [0.1, 0.15) is 0 Å². The van der Waals surface area contributed by atoms with E-state index in [1.54, 1.807) is 0 Å². The molecule has 0 spiro atoms. The second-order valence-corrected chi connectivity index (χ2v) is 6.78. The fourth-order valence-corrected chi connectivity index (χ4v) is 4.14. The number of benzene rings is 1. The second kappa shape index (κ2) is 5.41. The van der Waals surface area contributed by atoms with Gasteiger partial charge in [0.15, 0.2) is 4.77 Å². The minimum atomic E-state index is 0.571. The molecule has 19 heavy (non-hydrogen) atoms. The van der Waals surface area contributed by atoms with Gasteiger partial charge >= 0.3 is 0 Å². The summed E-state index contributed by atoms with van der Waals surface area (Å²) in [4.78, 5) is 3.36. The van der Waals surface area contributed by atoms with Gasteiger partial charge in [-0.25, -0.2) is 0 Å². The van der Waals surface area contributed by atoms with Crippen LogP contribution in [-0.2, 0) is 0 Å². The molecule has 1 N–H and O–H groups in total. The average Bonchev–Trinajstić information content (AvgIpc) is 2.73. The summed E-state index contributed by atoms with van der Waals surface area (Å²) < 4.78 is 4.34. The molecular weight excluding hydrogens is 320 g/mol. The summed E-state index contributed by atoms with van der Waals surface area (Å²) in [6, 6.07) is 6.96. The standard InChI is InChI=1S/C15H19BrN2S/c1-2-10-5-3-4-6-13(10)18-14-8-7-11(16)9-12(14)17-15(18)19/h7-10,13H,2-6H2,1H3,(H,17,19). The summed E-state index contributed by atoms with van der Waals surface area (Å²) >= 11 is 9.09. The van der Waals surface area contributed by atoms with Crippen molar-refractivity contribution in [2.24, 2.45) is 5.92 Å². The topological polar surface area (TPSA) is 20.7 Å². The number of nitrogens with zero attached hydrogens (tertiary/aromatic N) is 1. The lowest BCUT2D eigenvalue weighted by molar-refractivity contribution is 0.235. The van der Waals surface area contributed by atoms with E-state index < -0.39 is 0 Å². The largest absolute Gasteiger partial charge is 0.331 e. The summed E-state index contributed by atoms with van der Waals surface area (Å²) in [6.45, 7) is 2.30. The van der Waals surface area contributed by atoms with Crippen molar-refractivity contribution in [1.29, 1.82) is 0 Å². The molecule has 0 aliphatic heterocycles. The van der Waals surface area contributed by atoms with Crippen LogP contribution in [0.1, 0.15) is 45.1 Å². The van der Waals surface area contributed by atoms with Gasteiger partial charge in [0.05, 0.1) is 11.0 Å². The lowest BCUT2D eigenvalue weighted by Crippen LogP contribution is -2.22. The van der Waals surface area contributed by atoms with Gasteiger partial charge in [0.2, 0.25) is 0 Å². The molecule has 1 aliphatic rings. The third-order valence-electron chi connectivity index (χ3n) is 4.40. The summed E-state index contributed by atoms with van der Waals surface area (Å²) in [6.07, 6.45) is 6.54. The zero-order valence-corrected chi connectivity index (χ0v) is 13.6. The first-order valence-electron chi connectivity index (χ1n) is 7.10. The molecule has 1 saturated carbocycles. The van der Waals surface area contributed by atoms with Crippen LogP contribution in [0.25, 0.3) is 11.0 Å². The molecule has 1 heterocycles. The van der Waals surface area contributed by atoms with Crippen molar-refractivity contribution >= 4 is 39.2 Å². The maximum Gasteiger partial charge on any atom is 0.178 e. The minimum absolute atomic E-state index is 0.571. The highest BCUT2D eigenvalue weighted by atomic mass is 79.9. The van der Waals surface area contributed by atoms with Crippen LogP contribution in [0.15, 0.2) is 22.7 Å². The average molecular weight is 339 g/mol. The zero-order chi connectivity index (χ0) is 13.4. The van der Waals surface area contributed by atoms with Crippen LogP contribution in [-0.4, -0.2) is 9.55 Å². The fraction of sp³-hybridized carbons (Fsp3) is 0.533. The molecule has 4 heteroatoms. The van der Waals surface area contributed by atoms with Crippen LogP contribution in [0.5, 0.6) is 0 Å². The van der Waals surface area contributed by atoms with Crippen molar-refractivity contribution in [3.63, 3.8) is 0 Å². The molecular formula is C15H19BrN2S. The normalized spacial score (nSPS) is 23.9. The third-order valence-corrected chi connectivity index (χ3v) is 5.20. The van der Waals surface area contributed by atoms with Crippen LogP contribution in [0, 0.1) is 10.7 Å². The van der Waals surface area contributed by atoms with Gasteiger partial charge in [-0.2, -0.15) is 0 Å². The van der Waals surface area contributed by atoms with Crippen molar-refractivity contribution in [1.82, 2.24) is 9.55 Å². The molecule has 1 fully saturated rings. The van der Waals surface area contributed by atoms with E-state index in [-0.39, 0.29) is 0 Å². The Morgan fingerprint density at radius 3 is 2.95 bits per heavy atom. The van der Waals surface area contributed by atoms with Crippen LogP contribution >= 0.6 is 28.1 Å².